The molecule has 1 saturated heterocycles. The van der Waals surface area contributed by atoms with Crippen molar-refractivity contribution in [3.8, 4) is 0 Å². The molecule has 112 valence electrons. The Morgan fingerprint density at radius 1 is 1.20 bits per heavy atom. The molecular formula is C15H24N2O2S. The van der Waals surface area contributed by atoms with Gasteiger partial charge in [-0.25, -0.2) is 8.42 Å². The summed E-state index contributed by atoms with van der Waals surface area (Å²) in [6, 6.07) is 8.82. The molecule has 1 fully saturated rings. The molecule has 0 radical (unpaired) electrons. The summed E-state index contributed by atoms with van der Waals surface area (Å²) in [7, 11) is -1.64. The summed E-state index contributed by atoms with van der Waals surface area (Å²) in [5.41, 5.74) is 0. The molecule has 20 heavy (non-hydrogen) atoms. The van der Waals surface area contributed by atoms with Crippen LogP contribution in [-0.2, 0) is 10.0 Å². The van der Waals surface area contributed by atoms with Crippen LogP contribution in [0, 0.1) is 0 Å². The molecule has 0 aliphatic carbocycles. The van der Waals surface area contributed by atoms with Crippen LogP contribution in [0.4, 0.5) is 0 Å². The molecule has 0 bridgehead atoms. The summed E-state index contributed by atoms with van der Waals surface area (Å²) >= 11 is 0. The fourth-order valence-electron chi connectivity index (χ4n) is 2.78. The summed E-state index contributed by atoms with van der Waals surface area (Å²) in [6.45, 7) is 5.28. The van der Waals surface area contributed by atoms with Crippen molar-refractivity contribution in [2.75, 3.05) is 26.7 Å². The molecule has 0 amide bonds. The molecule has 1 aromatic rings. The van der Waals surface area contributed by atoms with E-state index in [0.29, 0.717) is 4.90 Å². The van der Waals surface area contributed by atoms with Gasteiger partial charge in [-0.15, -0.1) is 0 Å². The van der Waals surface area contributed by atoms with E-state index in [2.05, 4.69) is 11.8 Å². The zero-order valence-electron chi connectivity index (χ0n) is 12.3. The van der Waals surface area contributed by atoms with Crippen molar-refractivity contribution in [1.82, 2.24) is 9.21 Å². The number of benzene rings is 1. The second kappa shape index (κ2) is 6.70. The van der Waals surface area contributed by atoms with Gasteiger partial charge in [0.2, 0.25) is 10.0 Å². The van der Waals surface area contributed by atoms with E-state index in [1.165, 1.54) is 0 Å². The summed E-state index contributed by atoms with van der Waals surface area (Å²) in [4.78, 5) is 2.80. The van der Waals surface area contributed by atoms with Gasteiger partial charge in [-0.05, 0) is 51.0 Å². The first kappa shape index (κ1) is 15.5. The second-order valence-corrected chi connectivity index (χ2v) is 7.40. The summed E-state index contributed by atoms with van der Waals surface area (Å²) < 4.78 is 26.7. The predicted molar refractivity (Wildman–Crippen MR) is 81.1 cm³/mol. The highest BCUT2D eigenvalue weighted by molar-refractivity contribution is 7.89. The van der Waals surface area contributed by atoms with Gasteiger partial charge in [0, 0.05) is 13.1 Å². The number of rotatable bonds is 5. The van der Waals surface area contributed by atoms with Gasteiger partial charge in [0.05, 0.1) is 4.90 Å². The summed E-state index contributed by atoms with van der Waals surface area (Å²) in [5.74, 6) is 0. The molecule has 0 atom stereocenters. The Balaban J connectivity index is 2.03. The smallest absolute Gasteiger partial charge is 0.243 e. The normalized spacial score (nSPS) is 18.6. The van der Waals surface area contributed by atoms with Crippen LogP contribution in [0.15, 0.2) is 35.2 Å². The minimum absolute atomic E-state index is 0.119. The van der Waals surface area contributed by atoms with Crippen LogP contribution in [-0.4, -0.2) is 50.3 Å². The van der Waals surface area contributed by atoms with Gasteiger partial charge in [-0.1, -0.05) is 25.1 Å². The first-order valence-electron chi connectivity index (χ1n) is 7.31. The minimum Gasteiger partial charge on any atom is -0.303 e. The molecule has 0 unspecified atom stereocenters. The van der Waals surface area contributed by atoms with Crippen LogP contribution in [0.1, 0.15) is 26.2 Å². The average molecular weight is 296 g/mol. The number of likely N-dealkylation sites (tertiary alicyclic amines) is 1. The Hall–Kier alpha value is -0.910. The van der Waals surface area contributed by atoms with Crippen molar-refractivity contribution in [1.29, 1.82) is 0 Å². The number of sulfonamides is 1. The van der Waals surface area contributed by atoms with Crippen molar-refractivity contribution >= 4 is 10.0 Å². The van der Waals surface area contributed by atoms with Gasteiger partial charge in [-0.3, -0.25) is 0 Å². The van der Waals surface area contributed by atoms with Gasteiger partial charge in [0.1, 0.15) is 0 Å². The van der Waals surface area contributed by atoms with E-state index >= 15 is 0 Å². The van der Waals surface area contributed by atoms with Gasteiger partial charge in [0.25, 0.3) is 0 Å². The minimum atomic E-state index is -3.35. The highest BCUT2D eigenvalue weighted by Crippen LogP contribution is 2.22. The lowest BCUT2D eigenvalue weighted by molar-refractivity contribution is 0.170. The molecule has 1 aliphatic heterocycles. The molecule has 4 nitrogen and oxygen atoms in total. The topological polar surface area (TPSA) is 40.6 Å². The Morgan fingerprint density at radius 2 is 1.80 bits per heavy atom. The van der Waals surface area contributed by atoms with E-state index in [1.54, 1.807) is 35.6 Å². The highest BCUT2D eigenvalue weighted by Gasteiger charge is 2.30. The quantitative estimate of drug-likeness (QED) is 0.836. The van der Waals surface area contributed by atoms with Crippen molar-refractivity contribution in [3.05, 3.63) is 30.3 Å². The third kappa shape index (κ3) is 3.40. The van der Waals surface area contributed by atoms with Gasteiger partial charge >= 0.3 is 0 Å². The van der Waals surface area contributed by atoms with Crippen LogP contribution >= 0.6 is 0 Å². The molecule has 1 heterocycles. The van der Waals surface area contributed by atoms with Crippen LogP contribution < -0.4 is 0 Å². The first-order chi connectivity index (χ1) is 9.55. The lowest BCUT2D eigenvalue weighted by Gasteiger charge is -2.36. The fraction of sp³-hybridized carbons (Fsp3) is 0.600. The van der Waals surface area contributed by atoms with E-state index in [-0.39, 0.29) is 6.04 Å². The Kier molecular flexibility index (Phi) is 5.18. The number of hydrogen-bond donors (Lipinski definition) is 0. The molecule has 2 rings (SSSR count). The molecule has 0 N–H and O–H groups in total. The molecule has 0 aromatic heterocycles. The third-order valence-electron chi connectivity index (χ3n) is 4.03. The third-order valence-corrected chi connectivity index (χ3v) is 5.96. The van der Waals surface area contributed by atoms with E-state index in [9.17, 15) is 8.42 Å². The van der Waals surface area contributed by atoms with Gasteiger partial charge in [-0.2, -0.15) is 4.31 Å². The molecule has 5 heteroatoms. The summed E-state index contributed by atoms with van der Waals surface area (Å²) in [6.07, 6.45) is 2.99. The van der Waals surface area contributed by atoms with E-state index < -0.39 is 10.0 Å². The van der Waals surface area contributed by atoms with Crippen LogP contribution in [0.3, 0.4) is 0 Å². The molecular weight excluding hydrogens is 272 g/mol. The number of piperidine rings is 1. The average Bonchev–Trinajstić information content (AvgIpc) is 2.48. The van der Waals surface area contributed by atoms with Crippen molar-refractivity contribution < 1.29 is 8.42 Å². The fourth-order valence-corrected chi connectivity index (χ4v) is 4.21. The molecule has 1 aliphatic rings. The zero-order valence-corrected chi connectivity index (χ0v) is 13.1. The maximum absolute atomic E-state index is 12.6. The largest absolute Gasteiger partial charge is 0.303 e. The van der Waals surface area contributed by atoms with Crippen LogP contribution in [0.2, 0.25) is 0 Å². The molecule has 0 spiro atoms. The van der Waals surface area contributed by atoms with E-state index in [4.69, 9.17) is 0 Å². The van der Waals surface area contributed by atoms with Gasteiger partial charge < -0.3 is 4.90 Å². The zero-order chi connectivity index (χ0) is 14.6. The maximum Gasteiger partial charge on any atom is 0.243 e. The summed E-state index contributed by atoms with van der Waals surface area (Å²) in [5, 5.41) is 0. The standard InChI is InChI=1S/C15H24N2O2S/c1-3-11-17-12-9-14(10-13-17)16(2)20(18,19)15-7-5-4-6-8-15/h4-8,14H,3,9-13H2,1-2H3. The molecule has 0 saturated carbocycles. The Labute approximate surface area is 122 Å². The van der Waals surface area contributed by atoms with Crippen LogP contribution in [0.25, 0.3) is 0 Å². The lowest BCUT2D eigenvalue weighted by Crippen LogP contribution is -2.45. The number of nitrogens with zero attached hydrogens (tertiary/aromatic N) is 2. The Bertz CT molecular complexity index is 508. The Morgan fingerprint density at radius 3 is 2.35 bits per heavy atom. The van der Waals surface area contributed by atoms with Crippen molar-refractivity contribution in [2.45, 2.75) is 37.1 Å². The van der Waals surface area contributed by atoms with Crippen molar-refractivity contribution in [2.24, 2.45) is 0 Å². The SMILES string of the molecule is CCCN1CCC(N(C)S(=O)(=O)c2ccccc2)CC1. The van der Waals surface area contributed by atoms with Crippen LogP contribution in [0.5, 0.6) is 0 Å². The molecule has 1 aromatic carbocycles. The highest BCUT2D eigenvalue weighted by atomic mass is 32.2. The van der Waals surface area contributed by atoms with E-state index in [0.717, 1.165) is 38.9 Å². The maximum atomic E-state index is 12.6. The second-order valence-electron chi connectivity index (χ2n) is 5.41. The predicted octanol–water partition coefficient (Wildman–Crippen LogP) is 2.18. The lowest BCUT2D eigenvalue weighted by atomic mass is 10.1. The number of hydrogen-bond acceptors (Lipinski definition) is 3. The monoisotopic (exact) mass is 296 g/mol. The first-order valence-corrected chi connectivity index (χ1v) is 8.75. The van der Waals surface area contributed by atoms with Gasteiger partial charge in [0.15, 0.2) is 0 Å². The van der Waals surface area contributed by atoms with Crippen molar-refractivity contribution in [3.63, 3.8) is 0 Å². The van der Waals surface area contributed by atoms with E-state index in [1.807, 2.05) is 6.07 Å².